The van der Waals surface area contributed by atoms with Gasteiger partial charge in [-0.2, -0.15) is 5.10 Å². The molecule has 23 heavy (non-hydrogen) atoms. The van der Waals surface area contributed by atoms with E-state index in [9.17, 15) is 13.2 Å². The van der Waals surface area contributed by atoms with Gasteiger partial charge in [-0.05, 0) is 31.5 Å². The predicted molar refractivity (Wildman–Crippen MR) is 88.8 cm³/mol. The van der Waals surface area contributed by atoms with Crippen LogP contribution in [0.15, 0.2) is 30.5 Å². The Morgan fingerprint density at radius 3 is 2.39 bits per heavy atom. The molecule has 0 radical (unpaired) electrons. The molecule has 0 aliphatic carbocycles. The lowest BCUT2D eigenvalue weighted by Crippen LogP contribution is -2.26. The zero-order chi connectivity index (χ0) is 17.2. The van der Waals surface area contributed by atoms with Crippen molar-refractivity contribution >= 4 is 15.7 Å². The van der Waals surface area contributed by atoms with Crippen molar-refractivity contribution in [3.63, 3.8) is 0 Å². The first kappa shape index (κ1) is 17.2. The largest absolute Gasteiger partial charge is 0.345 e. The molecule has 1 N–H and O–H groups in total. The molecule has 0 aliphatic heterocycles. The van der Waals surface area contributed by atoms with Crippen LogP contribution in [-0.2, 0) is 22.6 Å². The van der Waals surface area contributed by atoms with Crippen LogP contribution >= 0.6 is 0 Å². The predicted octanol–water partition coefficient (Wildman–Crippen LogP) is 1.76. The fraction of sp³-hybridized carbons (Fsp3) is 0.375. The van der Waals surface area contributed by atoms with Gasteiger partial charge in [-0.3, -0.25) is 9.48 Å². The second kappa shape index (κ2) is 6.54. The van der Waals surface area contributed by atoms with Crippen molar-refractivity contribution in [2.75, 3.05) is 6.26 Å². The molecule has 1 atom stereocenters. The second-order valence-corrected chi connectivity index (χ2v) is 7.91. The highest BCUT2D eigenvalue weighted by molar-refractivity contribution is 7.89. The number of amides is 1. The van der Waals surface area contributed by atoms with E-state index in [-0.39, 0.29) is 17.7 Å². The first-order valence-electron chi connectivity index (χ1n) is 7.23. The van der Waals surface area contributed by atoms with E-state index in [1.807, 2.05) is 20.9 Å². The molecule has 7 heteroatoms. The zero-order valence-electron chi connectivity index (χ0n) is 13.7. The molecule has 1 aromatic heterocycles. The molecular weight excluding hydrogens is 314 g/mol. The maximum Gasteiger partial charge on any atom is 0.251 e. The van der Waals surface area contributed by atoms with Crippen LogP contribution in [-0.4, -0.2) is 30.4 Å². The van der Waals surface area contributed by atoms with Gasteiger partial charge in [0.15, 0.2) is 9.84 Å². The molecule has 2 rings (SSSR count). The van der Waals surface area contributed by atoms with Crippen LogP contribution in [0.3, 0.4) is 0 Å². The first-order valence-corrected chi connectivity index (χ1v) is 9.29. The molecule has 0 fully saturated rings. The van der Waals surface area contributed by atoms with Crippen LogP contribution in [0.2, 0.25) is 0 Å². The minimum atomic E-state index is -3.08. The van der Waals surface area contributed by atoms with E-state index in [0.29, 0.717) is 11.1 Å². The normalized spacial score (nSPS) is 12.9. The lowest BCUT2D eigenvalue weighted by atomic mass is 10.1. The average molecular weight is 335 g/mol. The molecule has 0 saturated heterocycles. The van der Waals surface area contributed by atoms with E-state index in [2.05, 4.69) is 10.4 Å². The monoisotopic (exact) mass is 335 g/mol. The average Bonchev–Trinajstić information content (AvgIpc) is 2.78. The third-order valence-electron chi connectivity index (χ3n) is 3.73. The van der Waals surface area contributed by atoms with E-state index >= 15 is 0 Å². The maximum atomic E-state index is 12.3. The number of aromatic nitrogens is 2. The summed E-state index contributed by atoms with van der Waals surface area (Å²) in [7, 11) is -1.22. The Morgan fingerprint density at radius 2 is 1.91 bits per heavy atom. The molecular formula is C16H21N3O3S. The molecule has 0 aliphatic rings. The number of rotatable bonds is 5. The highest BCUT2D eigenvalue weighted by Gasteiger charge is 2.15. The van der Waals surface area contributed by atoms with Crippen molar-refractivity contribution in [1.29, 1.82) is 0 Å². The zero-order valence-corrected chi connectivity index (χ0v) is 14.5. The Balaban J connectivity index is 2.07. The van der Waals surface area contributed by atoms with Crippen LogP contribution in [0.25, 0.3) is 0 Å². The van der Waals surface area contributed by atoms with Crippen LogP contribution in [0.5, 0.6) is 0 Å². The van der Waals surface area contributed by atoms with Gasteiger partial charge < -0.3 is 5.32 Å². The Hall–Kier alpha value is -2.15. The summed E-state index contributed by atoms with van der Waals surface area (Å²) >= 11 is 0. The molecule has 1 heterocycles. The molecule has 1 amide bonds. The molecule has 6 nitrogen and oxygen atoms in total. The third kappa shape index (κ3) is 4.41. The summed E-state index contributed by atoms with van der Waals surface area (Å²) in [5, 5.41) is 7.10. The molecule has 2 aromatic rings. The van der Waals surface area contributed by atoms with Crippen LogP contribution < -0.4 is 5.32 Å². The number of carbonyl (C=O) groups excluding carboxylic acids is 1. The van der Waals surface area contributed by atoms with Gasteiger partial charge in [0, 0.05) is 30.1 Å². The van der Waals surface area contributed by atoms with Gasteiger partial charge in [-0.15, -0.1) is 0 Å². The Kier molecular flexibility index (Phi) is 4.89. The van der Waals surface area contributed by atoms with Gasteiger partial charge in [0.05, 0.1) is 18.0 Å². The summed E-state index contributed by atoms with van der Waals surface area (Å²) in [6, 6.07) is 6.44. The first-order chi connectivity index (χ1) is 10.7. The highest BCUT2D eigenvalue weighted by Crippen LogP contribution is 2.17. The quantitative estimate of drug-likeness (QED) is 0.903. The summed E-state index contributed by atoms with van der Waals surface area (Å²) in [5.41, 5.74) is 3.13. The number of benzene rings is 1. The summed E-state index contributed by atoms with van der Waals surface area (Å²) in [6.07, 6.45) is 2.93. The Bertz CT molecular complexity index is 808. The summed E-state index contributed by atoms with van der Waals surface area (Å²) in [6.45, 7) is 3.85. The number of aryl methyl sites for hydroxylation is 1. The SMILES string of the molecule is Cc1c(C(C)NC(=O)c2ccc(CS(C)(=O)=O)cc2)cnn1C. The summed E-state index contributed by atoms with van der Waals surface area (Å²) in [5.74, 6) is -0.230. The lowest BCUT2D eigenvalue weighted by molar-refractivity contribution is 0.0940. The molecule has 0 bridgehead atoms. The van der Waals surface area contributed by atoms with Gasteiger partial charge >= 0.3 is 0 Å². The van der Waals surface area contributed by atoms with Crippen molar-refractivity contribution in [2.45, 2.75) is 25.6 Å². The van der Waals surface area contributed by atoms with E-state index in [4.69, 9.17) is 0 Å². The van der Waals surface area contributed by atoms with Crippen LogP contribution in [0, 0.1) is 6.92 Å². The maximum absolute atomic E-state index is 12.3. The van der Waals surface area contributed by atoms with Crippen molar-refractivity contribution in [2.24, 2.45) is 7.05 Å². The van der Waals surface area contributed by atoms with Gasteiger partial charge in [0.2, 0.25) is 0 Å². The van der Waals surface area contributed by atoms with Gasteiger partial charge in [0.25, 0.3) is 5.91 Å². The summed E-state index contributed by atoms with van der Waals surface area (Å²) in [4.78, 5) is 12.3. The van der Waals surface area contributed by atoms with Crippen molar-refractivity contribution in [3.8, 4) is 0 Å². The molecule has 1 unspecified atom stereocenters. The van der Waals surface area contributed by atoms with Gasteiger partial charge in [-0.25, -0.2) is 8.42 Å². The number of nitrogens with one attached hydrogen (secondary N) is 1. The smallest absolute Gasteiger partial charge is 0.251 e. The van der Waals surface area contributed by atoms with E-state index < -0.39 is 9.84 Å². The van der Waals surface area contributed by atoms with Crippen molar-refractivity contribution in [1.82, 2.24) is 15.1 Å². The minimum absolute atomic E-state index is 0.0276. The third-order valence-corrected chi connectivity index (χ3v) is 4.59. The highest BCUT2D eigenvalue weighted by atomic mass is 32.2. The fourth-order valence-electron chi connectivity index (χ4n) is 2.35. The fourth-order valence-corrected chi connectivity index (χ4v) is 3.15. The molecule has 0 spiro atoms. The number of sulfone groups is 1. The van der Waals surface area contributed by atoms with E-state index in [1.54, 1.807) is 35.1 Å². The lowest BCUT2D eigenvalue weighted by Gasteiger charge is -2.14. The molecule has 0 saturated carbocycles. The topological polar surface area (TPSA) is 81.1 Å². The number of carbonyl (C=O) groups is 1. The van der Waals surface area contributed by atoms with Crippen molar-refractivity contribution < 1.29 is 13.2 Å². The van der Waals surface area contributed by atoms with E-state index in [1.165, 1.54) is 6.26 Å². The minimum Gasteiger partial charge on any atom is -0.345 e. The number of nitrogens with zero attached hydrogens (tertiary/aromatic N) is 2. The molecule has 124 valence electrons. The Morgan fingerprint density at radius 1 is 1.30 bits per heavy atom. The second-order valence-electron chi connectivity index (χ2n) is 5.77. The summed E-state index contributed by atoms with van der Waals surface area (Å²) < 4.78 is 24.3. The van der Waals surface area contributed by atoms with Crippen LogP contribution in [0.1, 0.15) is 40.1 Å². The Labute approximate surface area is 136 Å². The van der Waals surface area contributed by atoms with Crippen molar-refractivity contribution in [3.05, 3.63) is 52.8 Å². The van der Waals surface area contributed by atoms with Crippen LogP contribution in [0.4, 0.5) is 0 Å². The number of hydrogen-bond acceptors (Lipinski definition) is 4. The van der Waals surface area contributed by atoms with Gasteiger partial charge in [0.1, 0.15) is 0 Å². The van der Waals surface area contributed by atoms with E-state index in [0.717, 1.165) is 11.3 Å². The van der Waals surface area contributed by atoms with Gasteiger partial charge in [-0.1, -0.05) is 12.1 Å². The molecule has 1 aromatic carbocycles. The number of hydrogen-bond donors (Lipinski definition) is 1. The standard InChI is InChI=1S/C16H21N3O3S/c1-11(15-9-17-19(3)12(15)2)18-16(20)14-7-5-13(6-8-14)10-23(4,21)22/h5-9,11H,10H2,1-4H3,(H,18,20).